The number of carbonyl (C=O) groups excluding carboxylic acids is 1. The number of ether oxygens (including phenoxy) is 1. The Kier molecular flexibility index (Phi) is 5.44. The fraction of sp³-hybridized carbons (Fsp3) is 0.364. The largest absolute Gasteiger partial charge is 0.397 e. The smallest absolute Gasteiger partial charge is 0.261 e. The number of nitrogens with two attached hydrogens (primary N) is 1. The molecule has 0 aliphatic heterocycles. The van der Waals surface area contributed by atoms with Crippen molar-refractivity contribution < 1.29 is 22.7 Å². The molecule has 0 fully saturated rings. The van der Waals surface area contributed by atoms with Crippen LogP contribution in [0, 0.1) is 5.82 Å². The molecular formula is C11H13F3N2O2. The van der Waals surface area contributed by atoms with Gasteiger partial charge in [-0.3, -0.25) is 4.79 Å². The van der Waals surface area contributed by atoms with Crippen molar-refractivity contribution >= 4 is 17.3 Å². The van der Waals surface area contributed by atoms with Crippen molar-refractivity contribution in [2.75, 3.05) is 24.3 Å². The molecule has 0 heterocycles. The minimum Gasteiger partial charge on any atom is -0.397 e. The molecule has 0 aliphatic rings. The Hall–Kier alpha value is -1.76. The number of nitrogen functional groups attached to an aromatic ring is 1. The first-order valence-corrected chi connectivity index (χ1v) is 5.20. The van der Waals surface area contributed by atoms with Crippen LogP contribution in [0.1, 0.15) is 6.42 Å². The topological polar surface area (TPSA) is 64.3 Å². The second-order valence-electron chi connectivity index (χ2n) is 3.50. The lowest BCUT2D eigenvalue weighted by atomic mass is 10.2. The maximum absolute atomic E-state index is 12.7. The monoisotopic (exact) mass is 262 g/mol. The van der Waals surface area contributed by atoms with Crippen molar-refractivity contribution in [2.45, 2.75) is 12.8 Å². The second kappa shape index (κ2) is 6.85. The fourth-order valence-corrected chi connectivity index (χ4v) is 1.20. The Labute approximate surface area is 102 Å². The van der Waals surface area contributed by atoms with E-state index in [1.54, 1.807) is 0 Å². The molecule has 3 N–H and O–H groups in total. The first-order chi connectivity index (χ1) is 8.49. The van der Waals surface area contributed by atoms with Gasteiger partial charge < -0.3 is 15.8 Å². The molecule has 1 aromatic rings. The molecule has 0 atom stereocenters. The van der Waals surface area contributed by atoms with Crippen LogP contribution in [-0.2, 0) is 9.53 Å². The number of benzene rings is 1. The number of alkyl halides is 2. The predicted octanol–water partition coefficient (Wildman–Crippen LogP) is 2.02. The van der Waals surface area contributed by atoms with Gasteiger partial charge in [0.05, 0.1) is 24.4 Å². The van der Waals surface area contributed by atoms with Crippen molar-refractivity contribution in [2.24, 2.45) is 0 Å². The number of anilines is 2. The van der Waals surface area contributed by atoms with E-state index in [1.165, 1.54) is 6.07 Å². The van der Waals surface area contributed by atoms with Gasteiger partial charge in [0.25, 0.3) is 6.43 Å². The summed E-state index contributed by atoms with van der Waals surface area (Å²) in [6.45, 7) is -0.816. The highest BCUT2D eigenvalue weighted by Crippen LogP contribution is 2.19. The number of halogens is 3. The SMILES string of the molecule is Nc1cc(F)ccc1NC(=O)CCOCC(F)F. The average Bonchev–Trinajstić information content (AvgIpc) is 2.28. The van der Waals surface area contributed by atoms with Gasteiger partial charge in [0.2, 0.25) is 5.91 Å². The zero-order chi connectivity index (χ0) is 13.5. The Morgan fingerprint density at radius 3 is 2.78 bits per heavy atom. The van der Waals surface area contributed by atoms with Crippen LogP contribution in [0.25, 0.3) is 0 Å². The number of amides is 1. The molecule has 0 aromatic heterocycles. The quantitative estimate of drug-likeness (QED) is 0.609. The van der Waals surface area contributed by atoms with E-state index in [-0.39, 0.29) is 24.4 Å². The van der Waals surface area contributed by atoms with Crippen LogP contribution in [0.15, 0.2) is 18.2 Å². The summed E-state index contributed by atoms with van der Waals surface area (Å²) >= 11 is 0. The van der Waals surface area contributed by atoms with Gasteiger partial charge in [0, 0.05) is 0 Å². The van der Waals surface area contributed by atoms with Gasteiger partial charge in [-0.15, -0.1) is 0 Å². The Balaban J connectivity index is 2.35. The van der Waals surface area contributed by atoms with Crippen LogP contribution in [0.2, 0.25) is 0 Å². The van der Waals surface area contributed by atoms with E-state index in [9.17, 15) is 18.0 Å². The van der Waals surface area contributed by atoms with Crippen LogP contribution in [0.4, 0.5) is 24.5 Å². The zero-order valence-electron chi connectivity index (χ0n) is 9.46. The summed E-state index contributed by atoms with van der Waals surface area (Å²) in [6.07, 6.45) is -2.63. The molecule has 0 spiro atoms. The number of rotatable bonds is 6. The maximum atomic E-state index is 12.7. The highest BCUT2D eigenvalue weighted by molar-refractivity contribution is 5.93. The molecule has 0 saturated carbocycles. The molecule has 0 unspecified atom stereocenters. The van der Waals surface area contributed by atoms with E-state index in [0.29, 0.717) is 0 Å². The first kappa shape index (κ1) is 14.3. The molecule has 0 aliphatic carbocycles. The van der Waals surface area contributed by atoms with Crippen LogP contribution in [0.5, 0.6) is 0 Å². The number of nitrogens with one attached hydrogen (secondary N) is 1. The molecule has 0 radical (unpaired) electrons. The Morgan fingerprint density at radius 1 is 1.44 bits per heavy atom. The highest BCUT2D eigenvalue weighted by Gasteiger charge is 2.07. The summed E-state index contributed by atoms with van der Waals surface area (Å²) in [5.74, 6) is -0.951. The summed E-state index contributed by atoms with van der Waals surface area (Å²) in [5, 5.41) is 2.43. The van der Waals surface area contributed by atoms with Gasteiger partial charge in [-0.25, -0.2) is 13.2 Å². The highest BCUT2D eigenvalue weighted by atomic mass is 19.3. The van der Waals surface area contributed by atoms with Gasteiger partial charge >= 0.3 is 0 Å². The predicted molar refractivity (Wildman–Crippen MR) is 60.9 cm³/mol. The third kappa shape index (κ3) is 5.05. The van der Waals surface area contributed by atoms with E-state index < -0.39 is 24.8 Å². The maximum Gasteiger partial charge on any atom is 0.261 e. The van der Waals surface area contributed by atoms with Gasteiger partial charge in [-0.1, -0.05) is 0 Å². The summed E-state index contributed by atoms with van der Waals surface area (Å²) in [4.78, 5) is 11.4. The molecule has 1 amide bonds. The third-order valence-corrected chi connectivity index (χ3v) is 2.01. The Morgan fingerprint density at radius 2 is 2.17 bits per heavy atom. The standard InChI is InChI=1S/C11H13F3N2O2/c12-7-1-2-9(8(15)5-7)16-11(17)3-4-18-6-10(13)14/h1-2,5,10H,3-4,6,15H2,(H,16,17). The molecule has 0 saturated heterocycles. The summed E-state index contributed by atoms with van der Waals surface area (Å²) in [5.41, 5.74) is 5.85. The summed E-state index contributed by atoms with van der Waals surface area (Å²) < 4.78 is 40.7. The van der Waals surface area contributed by atoms with E-state index in [1.807, 2.05) is 0 Å². The van der Waals surface area contributed by atoms with Crippen LogP contribution < -0.4 is 11.1 Å². The third-order valence-electron chi connectivity index (χ3n) is 2.01. The second-order valence-corrected chi connectivity index (χ2v) is 3.50. The van der Waals surface area contributed by atoms with Gasteiger partial charge in [-0.05, 0) is 18.2 Å². The summed E-state index contributed by atoms with van der Waals surface area (Å²) in [7, 11) is 0. The van der Waals surface area contributed by atoms with Crippen LogP contribution >= 0.6 is 0 Å². The van der Waals surface area contributed by atoms with E-state index in [4.69, 9.17) is 5.73 Å². The van der Waals surface area contributed by atoms with E-state index >= 15 is 0 Å². The van der Waals surface area contributed by atoms with Crippen molar-refractivity contribution in [1.29, 1.82) is 0 Å². The lowest BCUT2D eigenvalue weighted by molar-refractivity contribution is -0.117. The molecule has 0 bridgehead atoms. The molecule has 1 rings (SSSR count). The van der Waals surface area contributed by atoms with E-state index in [0.717, 1.165) is 12.1 Å². The lowest BCUT2D eigenvalue weighted by Gasteiger charge is -2.08. The van der Waals surface area contributed by atoms with Crippen molar-refractivity contribution in [3.05, 3.63) is 24.0 Å². The van der Waals surface area contributed by atoms with E-state index in [2.05, 4.69) is 10.1 Å². The van der Waals surface area contributed by atoms with Crippen molar-refractivity contribution in [3.63, 3.8) is 0 Å². The molecule has 18 heavy (non-hydrogen) atoms. The van der Waals surface area contributed by atoms with Crippen LogP contribution in [0.3, 0.4) is 0 Å². The molecule has 7 heteroatoms. The number of hydrogen-bond donors (Lipinski definition) is 2. The fourth-order valence-electron chi connectivity index (χ4n) is 1.20. The van der Waals surface area contributed by atoms with Gasteiger partial charge in [0.15, 0.2) is 0 Å². The van der Waals surface area contributed by atoms with Gasteiger partial charge in [-0.2, -0.15) is 0 Å². The minimum atomic E-state index is -2.55. The minimum absolute atomic E-state index is 0.0798. The molecule has 100 valence electrons. The molecule has 4 nitrogen and oxygen atoms in total. The van der Waals surface area contributed by atoms with Crippen molar-refractivity contribution in [3.8, 4) is 0 Å². The Bertz CT molecular complexity index is 413. The average molecular weight is 262 g/mol. The number of hydrogen-bond acceptors (Lipinski definition) is 3. The van der Waals surface area contributed by atoms with Gasteiger partial charge in [0.1, 0.15) is 12.4 Å². The molecular weight excluding hydrogens is 249 g/mol. The lowest BCUT2D eigenvalue weighted by Crippen LogP contribution is -2.16. The number of carbonyl (C=O) groups is 1. The molecule has 1 aromatic carbocycles. The summed E-state index contributed by atoms with van der Waals surface area (Å²) in [6, 6.07) is 3.55. The van der Waals surface area contributed by atoms with Crippen LogP contribution in [-0.4, -0.2) is 25.5 Å². The normalized spacial score (nSPS) is 10.7. The van der Waals surface area contributed by atoms with Crippen molar-refractivity contribution in [1.82, 2.24) is 0 Å². The first-order valence-electron chi connectivity index (χ1n) is 5.20. The zero-order valence-corrected chi connectivity index (χ0v) is 9.46.